The van der Waals surface area contributed by atoms with Crippen molar-refractivity contribution >= 4 is 40.5 Å². The van der Waals surface area contributed by atoms with Crippen molar-refractivity contribution in [2.75, 3.05) is 26.2 Å². The third kappa shape index (κ3) is 10.2. The molecule has 2 aromatic rings. The van der Waals surface area contributed by atoms with Gasteiger partial charge < -0.3 is 30.9 Å². The van der Waals surface area contributed by atoms with E-state index in [9.17, 15) is 24.0 Å². The number of ether oxygens (including phenoxy) is 1. The van der Waals surface area contributed by atoms with Gasteiger partial charge in [0.05, 0.1) is 6.54 Å². The molecule has 1 aliphatic rings. The molecule has 0 saturated carbocycles. The van der Waals surface area contributed by atoms with Crippen molar-refractivity contribution in [1.82, 2.24) is 26.2 Å². The molecular weight excluding hydrogens is 562 g/mol. The molecule has 0 radical (unpaired) electrons. The highest BCUT2D eigenvalue weighted by Crippen LogP contribution is 2.23. The standard InChI is InChI=1S/C33H47N5O6/c1-6-23(7-2)31(42)38-18-10-13-27(38)30(41)37-26(20-22-14-15-24-11-8-9-12-25(24)19-22)29(40)35-17-16-34-28(39)21-36-32(43)44-33(3,4)5/h8-9,11-12,14-15,19,23,26-27H,6-7,10,13,16-18,20-21H2,1-5H3,(H,34,39)(H,35,40)(H,36,43)(H,37,41). The van der Waals surface area contributed by atoms with E-state index in [0.717, 1.165) is 22.8 Å². The van der Waals surface area contributed by atoms with E-state index in [1.807, 2.05) is 56.3 Å². The van der Waals surface area contributed by atoms with Crippen LogP contribution in [0.15, 0.2) is 42.5 Å². The van der Waals surface area contributed by atoms with Crippen LogP contribution in [-0.2, 0) is 30.3 Å². The van der Waals surface area contributed by atoms with Crippen LogP contribution in [0.2, 0.25) is 0 Å². The molecule has 1 saturated heterocycles. The van der Waals surface area contributed by atoms with Crippen LogP contribution in [0.25, 0.3) is 10.8 Å². The fraction of sp³-hybridized carbons (Fsp3) is 0.545. The fourth-order valence-electron chi connectivity index (χ4n) is 5.29. The van der Waals surface area contributed by atoms with Gasteiger partial charge in [0.2, 0.25) is 23.6 Å². The molecule has 1 heterocycles. The molecule has 0 aromatic heterocycles. The Hall–Kier alpha value is -4.15. The second-order valence-corrected chi connectivity index (χ2v) is 12.1. The Labute approximate surface area is 259 Å². The number of carbonyl (C=O) groups is 5. The highest BCUT2D eigenvalue weighted by Gasteiger charge is 2.37. The van der Waals surface area contributed by atoms with E-state index in [2.05, 4.69) is 21.3 Å². The van der Waals surface area contributed by atoms with Crippen molar-refractivity contribution in [3.8, 4) is 0 Å². The maximum absolute atomic E-state index is 13.5. The number of rotatable bonds is 13. The lowest BCUT2D eigenvalue weighted by Gasteiger charge is -2.29. The number of hydrogen-bond acceptors (Lipinski definition) is 6. The van der Waals surface area contributed by atoms with Gasteiger partial charge in [-0.05, 0) is 62.8 Å². The molecule has 11 heteroatoms. The molecule has 1 fully saturated rings. The lowest BCUT2D eigenvalue weighted by atomic mass is 10.00. The second kappa shape index (κ2) is 16.1. The number of carbonyl (C=O) groups excluding carboxylic acids is 5. The van der Waals surface area contributed by atoms with E-state index in [-0.39, 0.29) is 43.8 Å². The Kier molecular flexibility index (Phi) is 12.5. The maximum Gasteiger partial charge on any atom is 0.408 e. The maximum atomic E-state index is 13.5. The normalized spacial score (nSPS) is 15.5. The predicted octanol–water partition coefficient (Wildman–Crippen LogP) is 3.05. The summed E-state index contributed by atoms with van der Waals surface area (Å²) in [5.74, 6) is -1.32. The summed E-state index contributed by atoms with van der Waals surface area (Å²) < 4.78 is 5.11. The van der Waals surface area contributed by atoms with Gasteiger partial charge in [-0.25, -0.2) is 4.79 Å². The van der Waals surface area contributed by atoms with Gasteiger partial charge in [0.1, 0.15) is 17.7 Å². The van der Waals surface area contributed by atoms with E-state index in [1.54, 1.807) is 25.7 Å². The van der Waals surface area contributed by atoms with Crippen LogP contribution in [0.3, 0.4) is 0 Å². The first-order valence-electron chi connectivity index (χ1n) is 15.5. The van der Waals surface area contributed by atoms with Crippen molar-refractivity contribution in [2.24, 2.45) is 5.92 Å². The molecule has 44 heavy (non-hydrogen) atoms. The van der Waals surface area contributed by atoms with Crippen molar-refractivity contribution in [3.63, 3.8) is 0 Å². The highest BCUT2D eigenvalue weighted by molar-refractivity contribution is 5.93. The van der Waals surface area contributed by atoms with Crippen molar-refractivity contribution in [1.29, 1.82) is 0 Å². The van der Waals surface area contributed by atoms with Gasteiger partial charge in [0, 0.05) is 32.0 Å². The van der Waals surface area contributed by atoms with Crippen LogP contribution in [0.4, 0.5) is 4.79 Å². The van der Waals surface area contributed by atoms with Crippen molar-refractivity contribution < 1.29 is 28.7 Å². The van der Waals surface area contributed by atoms with Crippen LogP contribution >= 0.6 is 0 Å². The fourth-order valence-corrected chi connectivity index (χ4v) is 5.29. The lowest BCUT2D eigenvalue weighted by molar-refractivity contribution is -0.142. The van der Waals surface area contributed by atoms with Crippen LogP contribution in [0.1, 0.15) is 65.9 Å². The molecule has 2 unspecified atom stereocenters. The van der Waals surface area contributed by atoms with E-state index < -0.39 is 35.6 Å². The number of hydrogen-bond donors (Lipinski definition) is 4. The van der Waals surface area contributed by atoms with Gasteiger partial charge in [0.15, 0.2) is 0 Å². The molecule has 1 aliphatic heterocycles. The Morgan fingerprint density at radius 3 is 2.30 bits per heavy atom. The molecule has 0 bridgehead atoms. The first kappa shape index (κ1) is 34.3. The molecule has 3 rings (SSSR count). The van der Waals surface area contributed by atoms with E-state index >= 15 is 0 Å². The van der Waals surface area contributed by atoms with Crippen molar-refractivity contribution in [2.45, 2.75) is 84.4 Å². The summed E-state index contributed by atoms with van der Waals surface area (Å²) in [5.41, 5.74) is 0.199. The van der Waals surface area contributed by atoms with E-state index in [4.69, 9.17) is 4.74 Å². The molecule has 11 nitrogen and oxygen atoms in total. The first-order chi connectivity index (χ1) is 20.9. The monoisotopic (exact) mass is 609 g/mol. The number of nitrogens with zero attached hydrogens (tertiary/aromatic N) is 1. The zero-order valence-electron chi connectivity index (χ0n) is 26.5. The predicted molar refractivity (Wildman–Crippen MR) is 169 cm³/mol. The zero-order chi connectivity index (χ0) is 32.3. The third-order valence-electron chi connectivity index (χ3n) is 7.60. The molecular formula is C33H47N5O6. The van der Waals surface area contributed by atoms with Crippen LogP contribution in [0, 0.1) is 5.92 Å². The summed E-state index contributed by atoms with van der Waals surface area (Å²) in [7, 11) is 0. The molecule has 2 aromatic carbocycles. The van der Waals surface area contributed by atoms with Gasteiger partial charge in [-0.1, -0.05) is 56.3 Å². The zero-order valence-corrected chi connectivity index (χ0v) is 26.5. The van der Waals surface area contributed by atoms with E-state index in [1.165, 1.54) is 0 Å². The highest BCUT2D eigenvalue weighted by atomic mass is 16.6. The van der Waals surface area contributed by atoms with Gasteiger partial charge in [0.25, 0.3) is 0 Å². The van der Waals surface area contributed by atoms with Crippen molar-refractivity contribution in [3.05, 3.63) is 48.0 Å². The Morgan fingerprint density at radius 1 is 0.932 bits per heavy atom. The molecule has 2 atom stereocenters. The van der Waals surface area contributed by atoms with Crippen LogP contribution < -0.4 is 21.3 Å². The molecule has 0 aliphatic carbocycles. The minimum absolute atomic E-state index is 0.0138. The van der Waals surface area contributed by atoms with Gasteiger partial charge in [-0.2, -0.15) is 0 Å². The minimum atomic E-state index is -0.890. The number of likely N-dealkylation sites (tertiary alicyclic amines) is 1. The van der Waals surface area contributed by atoms with Gasteiger partial charge in [-0.15, -0.1) is 0 Å². The first-order valence-corrected chi connectivity index (χ1v) is 15.5. The molecule has 240 valence electrons. The molecule has 5 amide bonds. The average Bonchev–Trinajstić information content (AvgIpc) is 3.48. The average molecular weight is 610 g/mol. The van der Waals surface area contributed by atoms with Crippen LogP contribution in [-0.4, -0.2) is 78.5 Å². The summed E-state index contributed by atoms with van der Waals surface area (Å²) in [4.78, 5) is 65.6. The smallest absolute Gasteiger partial charge is 0.408 e. The number of alkyl carbamates (subject to hydrolysis) is 1. The second-order valence-electron chi connectivity index (χ2n) is 12.1. The SMILES string of the molecule is CCC(CC)C(=O)N1CCCC1C(=O)NC(Cc1ccc2ccccc2c1)C(=O)NCCNC(=O)CNC(=O)OC(C)(C)C. The number of nitrogens with one attached hydrogen (secondary N) is 4. The molecule has 4 N–H and O–H groups in total. The summed E-state index contributed by atoms with van der Waals surface area (Å²) in [6.07, 6.45) is 2.25. The number of benzene rings is 2. The van der Waals surface area contributed by atoms with Gasteiger partial charge >= 0.3 is 6.09 Å². The third-order valence-corrected chi connectivity index (χ3v) is 7.60. The summed E-state index contributed by atoms with van der Waals surface area (Å²) in [6.45, 7) is 9.62. The summed E-state index contributed by atoms with van der Waals surface area (Å²) in [5, 5.41) is 12.8. The van der Waals surface area contributed by atoms with E-state index in [0.29, 0.717) is 25.8 Å². The summed E-state index contributed by atoms with van der Waals surface area (Å²) >= 11 is 0. The minimum Gasteiger partial charge on any atom is -0.444 e. The Morgan fingerprint density at radius 2 is 1.61 bits per heavy atom. The largest absolute Gasteiger partial charge is 0.444 e. The topological polar surface area (TPSA) is 146 Å². The molecule has 0 spiro atoms. The number of fused-ring (bicyclic) bond motifs is 1. The Balaban J connectivity index is 1.63. The lowest BCUT2D eigenvalue weighted by Crippen LogP contribution is -2.55. The quantitative estimate of drug-likeness (QED) is 0.257. The number of amides is 5. The Bertz CT molecular complexity index is 1320. The van der Waals surface area contributed by atoms with Gasteiger partial charge in [-0.3, -0.25) is 19.2 Å². The summed E-state index contributed by atoms with van der Waals surface area (Å²) in [6, 6.07) is 12.3. The van der Waals surface area contributed by atoms with Crippen LogP contribution in [0.5, 0.6) is 0 Å².